The largest absolute Gasteiger partial charge is 1.00 e. The molecular weight excluding hydrogens is 462 g/mol. The van der Waals surface area contributed by atoms with Crippen molar-refractivity contribution in [2.45, 2.75) is 19.3 Å². The van der Waals surface area contributed by atoms with E-state index in [1.165, 1.54) is 0 Å². The normalized spacial score (nSPS) is 10.0. The summed E-state index contributed by atoms with van der Waals surface area (Å²) in [5, 5.41) is 0. The Morgan fingerprint density at radius 1 is 0.579 bits per heavy atom. The van der Waals surface area contributed by atoms with E-state index in [9.17, 15) is 0 Å². The van der Waals surface area contributed by atoms with Crippen LogP contribution in [-0.4, -0.2) is 64.3 Å². The summed E-state index contributed by atoms with van der Waals surface area (Å²) in [7, 11) is 12.9. The first-order valence-corrected chi connectivity index (χ1v) is 6.23. The van der Waals surface area contributed by atoms with E-state index in [2.05, 4.69) is 66.0 Å². The maximum Gasteiger partial charge on any atom is 0.140 e. The van der Waals surface area contributed by atoms with Gasteiger partial charge in [-0.05, 0) is 18.3 Å². The number of nitrogens with zero attached hydrogens (tertiary/aromatic N) is 2. The summed E-state index contributed by atoms with van der Waals surface area (Å²) in [4.78, 5) is 0. The molecule has 0 amide bonds. The van der Waals surface area contributed by atoms with Crippen LogP contribution < -0.4 is 48.0 Å². The Labute approximate surface area is 154 Å². The van der Waals surface area contributed by atoms with Gasteiger partial charge in [0.25, 0.3) is 0 Å². The number of rotatable bonds is 4. The zero-order valence-corrected chi connectivity index (χ0v) is 17.5. The van der Waals surface area contributed by atoms with Gasteiger partial charge < -0.3 is 56.9 Å². The van der Waals surface area contributed by atoms with Crippen molar-refractivity contribution < 1.29 is 56.9 Å². The smallest absolute Gasteiger partial charge is 0.140 e. The summed E-state index contributed by atoms with van der Waals surface area (Å²) in [5.74, 6) is 12.8. The molecule has 4 heteroatoms. The van der Waals surface area contributed by atoms with Crippen molar-refractivity contribution in [1.82, 2.24) is 0 Å². The quantitative estimate of drug-likeness (QED) is 0.162. The summed E-state index contributed by atoms with van der Waals surface area (Å²) >= 11 is 0. The molecule has 0 radical (unpaired) electrons. The van der Waals surface area contributed by atoms with Gasteiger partial charge in [0.05, 0.1) is 42.3 Å². The fourth-order valence-corrected chi connectivity index (χ4v) is 1.03. The van der Waals surface area contributed by atoms with Gasteiger partial charge in [0.1, 0.15) is 13.1 Å². The highest BCUT2D eigenvalue weighted by atomic mass is 127. The number of halogens is 2. The molecule has 0 spiro atoms. The lowest BCUT2D eigenvalue weighted by molar-refractivity contribution is -0.862. The fourth-order valence-electron chi connectivity index (χ4n) is 1.03. The molecule has 112 valence electrons. The number of quaternary nitrogens is 2. The molecule has 0 atom stereocenters. The monoisotopic (exact) mass is 490 g/mol. The van der Waals surface area contributed by atoms with E-state index in [1.807, 2.05) is 0 Å². The predicted molar refractivity (Wildman–Crippen MR) is 75.2 cm³/mol. The molecule has 0 aromatic heterocycles. The van der Waals surface area contributed by atoms with Gasteiger partial charge in [-0.15, -0.1) is 0 Å². The van der Waals surface area contributed by atoms with Crippen molar-refractivity contribution >= 4 is 0 Å². The highest BCUT2D eigenvalue weighted by Crippen LogP contribution is 1.93. The third-order valence-electron chi connectivity index (χ3n) is 1.96. The number of hydrogen-bond acceptors (Lipinski definition) is 0. The third-order valence-corrected chi connectivity index (χ3v) is 1.96. The minimum Gasteiger partial charge on any atom is -1.00 e. The van der Waals surface area contributed by atoms with E-state index in [0.717, 1.165) is 41.3 Å². The van der Waals surface area contributed by atoms with Crippen LogP contribution in [0.4, 0.5) is 0 Å². The van der Waals surface area contributed by atoms with Crippen LogP contribution in [0, 0.1) is 23.7 Å². The van der Waals surface area contributed by atoms with Crippen molar-refractivity contribution in [3.8, 4) is 23.7 Å². The zero-order valence-electron chi connectivity index (χ0n) is 13.2. The molecule has 0 unspecified atom stereocenters. The molecule has 0 rings (SSSR count). The standard InChI is InChI=1S/C15H28N2.2HI/c1-16(2,3)14-12-10-8-7-9-11-13-15-17(4,5)6;;/h7-9,14-15H2,1-6H3;2*1H/q+2;;/p-2. The van der Waals surface area contributed by atoms with E-state index < -0.39 is 0 Å². The van der Waals surface area contributed by atoms with E-state index >= 15 is 0 Å². The van der Waals surface area contributed by atoms with Gasteiger partial charge in [-0.3, -0.25) is 0 Å². The average molecular weight is 490 g/mol. The molecule has 0 saturated carbocycles. The lowest BCUT2D eigenvalue weighted by Gasteiger charge is -2.20. The molecule has 0 N–H and O–H groups in total. The van der Waals surface area contributed by atoms with E-state index in [-0.39, 0.29) is 48.0 Å². The van der Waals surface area contributed by atoms with E-state index in [4.69, 9.17) is 0 Å². The zero-order chi connectivity index (χ0) is 13.4. The SMILES string of the molecule is C[N+](C)(C)CC#CCCCC#CC[N+](C)(C)C.[I-].[I-]. The lowest BCUT2D eigenvalue weighted by Crippen LogP contribution is -3.00. The minimum absolute atomic E-state index is 0. The van der Waals surface area contributed by atoms with Gasteiger partial charge in [-0.1, -0.05) is 11.8 Å². The van der Waals surface area contributed by atoms with Crippen LogP contribution >= 0.6 is 0 Å². The predicted octanol–water partition coefficient (Wildman–Crippen LogP) is -4.42. The minimum atomic E-state index is 0. The first-order valence-electron chi connectivity index (χ1n) is 6.23. The average Bonchev–Trinajstić information content (AvgIpc) is 2.11. The molecule has 0 aliphatic heterocycles. The Morgan fingerprint density at radius 2 is 0.895 bits per heavy atom. The van der Waals surface area contributed by atoms with Crippen LogP contribution in [0.2, 0.25) is 0 Å². The van der Waals surface area contributed by atoms with Crippen LogP contribution in [0.3, 0.4) is 0 Å². The second-order valence-electron chi connectivity index (χ2n) is 6.46. The molecular formula is C15H28I2N2. The third kappa shape index (κ3) is 24.0. The highest BCUT2D eigenvalue weighted by Gasteiger charge is 2.01. The topological polar surface area (TPSA) is 0 Å². The Morgan fingerprint density at radius 3 is 1.16 bits per heavy atom. The Hall–Kier alpha value is 0.500. The van der Waals surface area contributed by atoms with Crippen molar-refractivity contribution in [2.75, 3.05) is 55.4 Å². The second kappa shape index (κ2) is 12.3. The maximum atomic E-state index is 3.21. The Bertz CT molecular complexity index is 296. The fraction of sp³-hybridized carbons (Fsp3) is 0.733. The molecule has 0 aromatic rings. The first kappa shape index (κ1) is 24.5. The van der Waals surface area contributed by atoms with Gasteiger partial charge in [0.2, 0.25) is 0 Å². The van der Waals surface area contributed by atoms with Crippen LogP contribution in [-0.2, 0) is 0 Å². The van der Waals surface area contributed by atoms with Crippen LogP contribution in [0.5, 0.6) is 0 Å². The molecule has 19 heavy (non-hydrogen) atoms. The van der Waals surface area contributed by atoms with Gasteiger partial charge >= 0.3 is 0 Å². The Kier molecular flexibility index (Phi) is 15.8. The van der Waals surface area contributed by atoms with Gasteiger partial charge in [0, 0.05) is 12.8 Å². The van der Waals surface area contributed by atoms with Crippen molar-refractivity contribution in [3.05, 3.63) is 0 Å². The summed E-state index contributed by atoms with van der Waals surface area (Å²) in [6.07, 6.45) is 3.03. The molecule has 0 saturated heterocycles. The summed E-state index contributed by atoms with van der Waals surface area (Å²) in [5.41, 5.74) is 0. The van der Waals surface area contributed by atoms with Gasteiger partial charge in [-0.2, -0.15) is 0 Å². The summed E-state index contributed by atoms with van der Waals surface area (Å²) in [6.45, 7) is 1.85. The maximum absolute atomic E-state index is 3.21. The highest BCUT2D eigenvalue weighted by molar-refractivity contribution is 5.02. The van der Waals surface area contributed by atoms with Crippen LogP contribution in [0.15, 0.2) is 0 Å². The van der Waals surface area contributed by atoms with Crippen molar-refractivity contribution in [3.63, 3.8) is 0 Å². The molecule has 0 fully saturated rings. The molecule has 0 aromatic carbocycles. The summed E-state index contributed by atoms with van der Waals surface area (Å²) in [6, 6.07) is 0. The van der Waals surface area contributed by atoms with Crippen LogP contribution in [0.25, 0.3) is 0 Å². The van der Waals surface area contributed by atoms with Gasteiger partial charge in [-0.25, -0.2) is 0 Å². The molecule has 0 aliphatic carbocycles. The van der Waals surface area contributed by atoms with E-state index in [1.54, 1.807) is 0 Å². The number of hydrogen-bond donors (Lipinski definition) is 0. The van der Waals surface area contributed by atoms with Gasteiger partial charge in [0.15, 0.2) is 0 Å². The number of unbranched alkanes of at least 4 members (excludes halogenated alkanes) is 2. The Balaban J connectivity index is -0.00000128. The van der Waals surface area contributed by atoms with Crippen molar-refractivity contribution in [1.29, 1.82) is 0 Å². The summed E-state index contributed by atoms with van der Waals surface area (Å²) < 4.78 is 1.83. The molecule has 0 bridgehead atoms. The molecule has 0 aliphatic rings. The lowest BCUT2D eigenvalue weighted by atomic mass is 10.2. The first-order chi connectivity index (χ1) is 7.71. The molecule has 2 nitrogen and oxygen atoms in total. The van der Waals surface area contributed by atoms with E-state index in [0.29, 0.717) is 0 Å². The van der Waals surface area contributed by atoms with Crippen LogP contribution in [0.1, 0.15) is 19.3 Å². The molecule has 0 heterocycles. The second-order valence-corrected chi connectivity index (χ2v) is 6.46. The van der Waals surface area contributed by atoms with Crippen molar-refractivity contribution in [2.24, 2.45) is 0 Å².